The second kappa shape index (κ2) is 33.7. The minimum absolute atomic E-state index is 0.0537. The van der Waals surface area contributed by atoms with Crippen molar-refractivity contribution in [2.75, 3.05) is 88.0 Å². The molecular formula is C58H80F9N9O5. The van der Waals surface area contributed by atoms with Crippen LogP contribution in [0, 0.1) is 0 Å². The van der Waals surface area contributed by atoms with Crippen LogP contribution in [0.4, 0.5) is 39.5 Å². The zero-order chi connectivity index (χ0) is 59.6. The number of methoxy groups -OCH3 is 2. The van der Waals surface area contributed by atoms with Crippen molar-refractivity contribution in [2.45, 2.75) is 117 Å². The van der Waals surface area contributed by atoms with Gasteiger partial charge in [0.15, 0.2) is 0 Å². The third-order valence-electron chi connectivity index (χ3n) is 12.6. The highest BCUT2D eigenvalue weighted by molar-refractivity contribution is 5.69. The fourth-order valence-electron chi connectivity index (χ4n) is 8.32. The van der Waals surface area contributed by atoms with Crippen molar-refractivity contribution in [2.24, 2.45) is 0 Å². The minimum atomic E-state index is -4.51. The average molecular weight is 1150 g/mol. The number of H-pyrrole nitrogens is 3. The van der Waals surface area contributed by atoms with Gasteiger partial charge in [0.2, 0.25) is 0 Å². The van der Waals surface area contributed by atoms with Gasteiger partial charge < -0.3 is 38.4 Å². The van der Waals surface area contributed by atoms with Crippen LogP contribution in [-0.2, 0) is 47.6 Å². The molecule has 23 heteroatoms. The van der Waals surface area contributed by atoms with Gasteiger partial charge >= 0.3 is 18.5 Å². The van der Waals surface area contributed by atoms with Gasteiger partial charge in [-0.25, -0.2) is 0 Å². The second-order valence-corrected chi connectivity index (χ2v) is 19.6. The van der Waals surface area contributed by atoms with Crippen LogP contribution in [0.2, 0.25) is 0 Å². The van der Waals surface area contributed by atoms with E-state index >= 15 is 0 Å². The molecule has 0 aliphatic carbocycles. The highest BCUT2D eigenvalue weighted by Gasteiger charge is 2.37. The van der Waals surface area contributed by atoms with E-state index < -0.39 is 35.2 Å². The van der Waals surface area contributed by atoms with Crippen LogP contribution in [-0.4, -0.2) is 133 Å². The molecule has 0 atom stereocenters. The highest BCUT2D eigenvalue weighted by Crippen LogP contribution is 2.41. The molecule has 3 N–H and O–H groups in total. The van der Waals surface area contributed by atoms with Crippen molar-refractivity contribution in [3.63, 3.8) is 0 Å². The molecule has 3 aromatic heterocycles. The molecule has 14 nitrogen and oxygen atoms in total. The Hall–Kier alpha value is -6.14. The van der Waals surface area contributed by atoms with Crippen LogP contribution in [0.25, 0.3) is 33.5 Å². The fourth-order valence-corrected chi connectivity index (χ4v) is 8.32. The first-order chi connectivity index (χ1) is 38.6. The summed E-state index contributed by atoms with van der Waals surface area (Å²) in [4.78, 5) is 6.38. The van der Waals surface area contributed by atoms with Crippen LogP contribution < -0.4 is 14.2 Å². The number of halogens is 9. The molecule has 0 amide bonds. The van der Waals surface area contributed by atoms with Crippen molar-refractivity contribution >= 4 is 0 Å². The largest absolute Gasteiger partial charge is 0.494 e. The molecule has 0 spiro atoms. The number of aromatic nitrogens is 6. The summed E-state index contributed by atoms with van der Waals surface area (Å²) >= 11 is 0. The number of aromatic amines is 3. The van der Waals surface area contributed by atoms with E-state index in [2.05, 4.69) is 66.1 Å². The first-order valence-corrected chi connectivity index (χ1v) is 27.2. The Morgan fingerprint density at radius 1 is 0.457 bits per heavy atom. The van der Waals surface area contributed by atoms with Crippen LogP contribution in [0.15, 0.2) is 73.2 Å². The molecule has 0 saturated heterocycles. The molecule has 0 unspecified atom stereocenters. The predicted octanol–water partition coefficient (Wildman–Crippen LogP) is 14.2. The molecule has 6 aromatic rings. The number of nitrogens with one attached hydrogen (secondary N) is 3. The van der Waals surface area contributed by atoms with Crippen LogP contribution in [0.3, 0.4) is 0 Å². The molecule has 6 rings (SSSR count). The van der Waals surface area contributed by atoms with Crippen molar-refractivity contribution in [1.82, 2.24) is 45.3 Å². The molecule has 3 heterocycles. The van der Waals surface area contributed by atoms with Gasteiger partial charge in [-0.2, -0.15) is 54.8 Å². The van der Waals surface area contributed by atoms with Crippen LogP contribution in [0.5, 0.6) is 17.2 Å². The lowest BCUT2D eigenvalue weighted by molar-refractivity contribution is -0.139. The first-order valence-electron chi connectivity index (χ1n) is 27.2. The van der Waals surface area contributed by atoms with Crippen molar-refractivity contribution in [3.8, 4) is 50.8 Å². The Balaban J connectivity index is 0.000000262. The molecule has 450 valence electrons. The molecule has 0 aliphatic heterocycles. The maximum Gasteiger partial charge on any atom is 0.419 e. The third-order valence-corrected chi connectivity index (χ3v) is 12.6. The van der Waals surface area contributed by atoms with Gasteiger partial charge in [0, 0.05) is 69.1 Å². The maximum absolute atomic E-state index is 13.6. The Morgan fingerprint density at radius 3 is 1.40 bits per heavy atom. The van der Waals surface area contributed by atoms with Crippen LogP contribution >= 0.6 is 0 Å². The van der Waals surface area contributed by atoms with Gasteiger partial charge in [-0.05, 0) is 120 Å². The van der Waals surface area contributed by atoms with E-state index in [0.29, 0.717) is 72.8 Å². The number of hydrogen-bond acceptors (Lipinski definition) is 11. The van der Waals surface area contributed by atoms with E-state index in [4.69, 9.17) is 23.7 Å². The monoisotopic (exact) mass is 1150 g/mol. The SMILES string of the molecule is CCCCN(C)Cc1[nH]ncc1-c1ccc(OCCCOC)c(C(F)(F)F)c1.CCCCN(C)Cc1[nH]ncc1-c1ccc(OCCOC)c(C(F)(F)F)c1.CCCCN(C)Cc1cn[nH]c1-c1cc(OCCC)cc(C(F)(F)F)c1. The Bertz CT molecular complexity index is 2720. The van der Waals surface area contributed by atoms with Crippen molar-refractivity contribution in [3.05, 3.63) is 107 Å². The molecule has 0 aliphatic rings. The molecule has 0 fully saturated rings. The average Bonchev–Trinajstić information content (AvgIpc) is 4.22. The smallest absolute Gasteiger partial charge is 0.419 e. The van der Waals surface area contributed by atoms with Crippen molar-refractivity contribution < 1.29 is 63.2 Å². The number of nitrogens with zero attached hydrogens (tertiary/aromatic N) is 6. The van der Waals surface area contributed by atoms with Crippen LogP contribution in [0.1, 0.15) is 113 Å². The number of alkyl halides is 9. The van der Waals surface area contributed by atoms with Gasteiger partial charge in [0.1, 0.15) is 23.9 Å². The van der Waals surface area contributed by atoms with E-state index in [1.54, 1.807) is 36.8 Å². The van der Waals surface area contributed by atoms with E-state index in [-0.39, 0.29) is 37.1 Å². The van der Waals surface area contributed by atoms with Gasteiger partial charge in [-0.1, -0.05) is 59.1 Å². The number of ether oxygens (including phenoxy) is 5. The Labute approximate surface area is 470 Å². The third kappa shape index (κ3) is 22.3. The van der Waals surface area contributed by atoms with Crippen molar-refractivity contribution in [1.29, 1.82) is 0 Å². The summed E-state index contributed by atoms with van der Waals surface area (Å²) in [5.41, 5.74) is 3.41. The Kier molecular flexibility index (Phi) is 28.0. The van der Waals surface area contributed by atoms with E-state index in [1.165, 1.54) is 26.4 Å². The number of benzene rings is 3. The first kappa shape index (κ1) is 67.4. The lowest BCUT2D eigenvalue weighted by atomic mass is 10.0. The summed E-state index contributed by atoms with van der Waals surface area (Å²) in [6.45, 7) is 14.0. The lowest BCUT2D eigenvalue weighted by Crippen LogP contribution is -2.19. The quantitative estimate of drug-likeness (QED) is 0.0293. The Morgan fingerprint density at radius 2 is 0.938 bits per heavy atom. The highest BCUT2D eigenvalue weighted by atomic mass is 19.4. The predicted molar refractivity (Wildman–Crippen MR) is 296 cm³/mol. The number of rotatable bonds is 30. The summed E-state index contributed by atoms with van der Waals surface area (Å²) in [5.74, 6) is -0.151. The zero-order valence-corrected chi connectivity index (χ0v) is 48.0. The number of hydrogen-bond donors (Lipinski definition) is 3. The molecular weight excluding hydrogens is 1070 g/mol. The molecule has 3 aromatic carbocycles. The van der Waals surface area contributed by atoms with E-state index in [0.717, 1.165) is 106 Å². The summed E-state index contributed by atoms with van der Waals surface area (Å²) in [7, 11) is 8.97. The van der Waals surface area contributed by atoms with Gasteiger partial charge in [0.05, 0.1) is 72.2 Å². The topological polar surface area (TPSA) is 142 Å². The normalized spacial score (nSPS) is 12.0. The maximum atomic E-state index is 13.6. The van der Waals surface area contributed by atoms with Gasteiger partial charge in [-0.3, -0.25) is 15.3 Å². The second-order valence-electron chi connectivity index (χ2n) is 19.6. The minimum Gasteiger partial charge on any atom is -0.494 e. The summed E-state index contributed by atoms with van der Waals surface area (Å²) in [6, 6.07) is 12.1. The number of unbranched alkanes of at least 4 members (excludes halogenated alkanes) is 3. The van der Waals surface area contributed by atoms with E-state index in [1.807, 2.05) is 28.1 Å². The lowest BCUT2D eigenvalue weighted by Gasteiger charge is -2.17. The summed E-state index contributed by atoms with van der Waals surface area (Å²) < 4.78 is 147. The molecule has 0 saturated carbocycles. The summed E-state index contributed by atoms with van der Waals surface area (Å²) in [5, 5.41) is 20.8. The molecule has 81 heavy (non-hydrogen) atoms. The standard InChI is InChI=1S/C20H28F3N3O2.C19H26F3N3O2.C19H26F3N3O/c1-4-5-9-26(2)14-18-16(13-24-25-18)15-7-8-19(28-11-6-10-27-3)17(12-15)20(21,22)23;1-4-5-8-25(2)13-17-15(12-23-24-17)14-6-7-18(27-10-9-26-3)16(11-14)19(20,21)22;1-4-6-7-25(3)13-15-12-23-24-18(15)14-9-16(19(20,21)22)11-17(10-14)26-8-5-2/h7-8,12-13H,4-6,9-11,14H2,1-3H3,(H,24,25);6-7,11-12H,4-5,8-10,13H2,1-3H3,(H,23,24);9-12H,4-8,13H2,1-3H3,(H,23,24). The van der Waals surface area contributed by atoms with Gasteiger partial charge in [0.25, 0.3) is 0 Å². The molecule has 0 bridgehead atoms. The zero-order valence-electron chi connectivity index (χ0n) is 48.0. The fraction of sp³-hybridized carbons (Fsp3) is 0.534. The molecule has 0 radical (unpaired) electrons. The van der Waals surface area contributed by atoms with E-state index in [9.17, 15) is 39.5 Å². The summed E-state index contributed by atoms with van der Waals surface area (Å²) in [6.07, 6.45) is -0.954. The van der Waals surface area contributed by atoms with Gasteiger partial charge in [-0.15, -0.1) is 0 Å².